The number of hydrogen-bond donors (Lipinski definition) is 2. The summed E-state index contributed by atoms with van der Waals surface area (Å²) in [4.78, 5) is 22.9. The lowest BCUT2D eigenvalue weighted by Gasteiger charge is -2.31. The summed E-state index contributed by atoms with van der Waals surface area (Å²) in [5.74, 6) is -1.87. The number of nitrogens with one attached hydrogen (secondary N) is 1. The Morgan fingerprint density at radius 2 is 2.00 bits per heavy atom. The number of carboxylic acid groups (broad SMARTS) is 1. The van der Waals surface area contributed by atoms with Crippen LogP contribution in [0.3, 0.4) is 0 Å². The van der Waals surface area contributed by atoms with Crippen molar-refractivity contribution in [3.05, 3.63) is 35.2 Å². The van der Waals surface area contributed by atoms with Crippen LogP contribution in [0, 0.1) is 11.8 Å². The van der Waals surface area contributed by atoms with E-state index >= 15 is 0 Å². The van der Waals surface area contributed by atoms with E-state index in [1.165, 1.54) is 4.70 Å². The van der Waals surface area contributed by atoms with Gasteiger partial charge in [-0.25, -0.2) is 0 Å². The van der Waals surface area contributed by atoms with E-state index in [0.717, 1.165) is 10.9 Å². The lowest BCUT2D eigenvalue weighted by atomic mass is 9.73. The molecule has 20 heavy (non-hydrogen) atoms. The van der Waals surface area contributed by atoms with Crippen LogP contribution in [0.4, 0.5) is 0 Å². The number of carbonyl (C=O) groups excluding carboxylic acids is 1. The Bertz CT molecular complexity index is 664. The van der Waals surface area contributed by atoms with E-state index in [2.05, 4.69) is 11.4 Å². The maximum Gasteiger partial charge on any atom is 0.307 e. The lowest BCUT2D eigenvalue weighted by Crippen LogP contribution is -2.43. The molecule has 4 nitrogen and oxygen atoms in total. The zero-order valence-electron chi connectivity index (χ0n) is 10.8. The fraction of sp³-hybridized carbons (Fsp3) is 0.333. The van der Waals surface area contributed by atoms with Gasteiger partial charge in [0, 0.05) is 11.2 Å². The molecule has 2 aromatic rings. The van der Waals surface area contributed by atoms with E-state index in [4.69, 9.17) is 5.11 Å². The number of thiophene rings is 1. The molecule has 104 valence electrons. The lowest BCUT2D eigenvalue weighted by molar-refractivity contribution is -0.152. The normalized spacial score (nSPS) is 21.4. The summed E-state index contributed by atoms with van der Waals surface area (Å²) >= 11 is 1.65. The molecule has 1 aliphatic carbocycles. The molecular formula is C15H15NO3S. The Balaban J connectivity index is 1.65. The first kappa shape index (κ1) is 13.1. The van der Waals surface area contributed by atoms with Crippen LogP contribution in [-0.2, 0) is 16.1 Å². The van der Waals surface area contributed by atoms with Crippen molar-refractivity contribution in [3.63, 3.8) is 0 Å². The van der Waals surface area contributed by atoms with Gasteiger partial charge in [-0.05, 0) is 35.2 Å². The highest BCUT2D eigenvalue weighted by atomic mass is 32.1. The highest BCUT2D eigenvalue weighted by molar-refractivity contribution is 7.17. The number of hydrogen-bond acceptors (Lipinski definition) is 3. The fourth-order valence-electron chi connectivity index (χ4n) is 2.59. The molecule has 0 bridgehead atoms. The molecule has 2 N–H and O–H groups in total. The van der Waals surface area contributed by atoms with Crippen molar-refractivity contribution in [1.29, 1.82) is 0 Å². The van der Waals surface area contributed by atoms with Crippen molar-refractivity contribution in [2.75, 3.05) is 0 Å². The number of rotatable bonds is 4. The zero-order valence-corrected chi connectivity index (χ0v) is 11.7. The van der Waals surface area contributed by atoms with Gasteiger partial charge in [-0.15, -0.1) is 11.3 Å². The Hall–Kier alpha value is -1.88. The van der Waals surface area contributed by atoms with Gasteiger partial charge in [-0.1, -0.05) is 18.2 Å². The van der Waals surface area contributed by atoms with E-state index in [-0.39, 0.29) is 11.8 Å². The van der Waals surface area contributed by atoms with Crippen molar-refractivity contribution in [1.82, 2.24) is 5.32 Å². The number of aliphatic carboxylic acids is 1. The summed E-state index contributed by atoms with van der Waals surface area (Å²) in [5, 5.41) is 15.0. The Labute approximate surface area is 120 Å². The van der Waals surface area contributed by atoms with Crippen molar-refractivity contribution >= 4 is 33.3 Å². The number of fused-ring (bicyclic) bond motifs is 1. The molecule has 1 saturated carbocycles. The zero-order chi connectivity index (χ0) is 14.1. The molecule has 1 heterocycles. The van der Waals surface area contributed by atoms with Crippen LogP contribution in [0.2, 0.25) is 0 Å². The maximum atomic E-state index is 12.0. The molecular weight excluding hydrogens is 274 g/mol. The second kappa shape index (κ2) is 5.25. The van der Waals surface area contributed by atoms with Crippen molar-refractivity contribution < 1.29 is 14.7 Å². The number of amides is 1. The first-order valence-corrected chi connectivity index (χ1v) is 7.50. The van der Waals surface area contributed by atoms with Crippen LogP contribution in [0.5, 0.6) is 0 Å². The first-order chi connectivity index (χ1) is 9.66. The van der Waals surface area contributed by atoms with Crippen LogP contribution < -0.4 is 5.32 Å². The van der Waals surface area contributed by atoms with E-state index in [1.54, 1.807) is 11.3 Å². The van der Waals surface area contributed by atoms with Gasteiger partial charge < -0.3 is 10.4 Å². The summed E-state index contributed by atoms with van der Waals surface area (Å²) < 4.78 is 1.20. The SMILES string of the molecule is O=C(O)C1CCC1C(=O)NCc1csc2ccccc12. The summed E-state index contributed by atoms with van der Waals surface area (Å²) in [5.41, 5.74) is 1.09. The Morgan fingerprint density at radius 3 is 2.70 bits per heavy atom. The molecule has 0 saturated heterocycles. The molecule has 2 atom stereocenters. The average molecular weight is 289 g/mol. The fourth-order valence-corrected chi connectivity index (χ4v) is 3.56. The van der Waals surface area contributed by atoms with Crippen LogP contribution in [0.1, 0.15) is 18.4 Å². The van der Waals surface area contributed by atoms with E-state index in [0.29, 0.717) is 19.4 Å². The molecule has 2 unspecified atom stereocenters. The van der Waals surface area contributed by atoms with Gasteiger partial charge in [0.15, 0.2) is 0 Å². The summed E-state index contributed by atoms with van der Waals surface area (Å²) in [6, 6.07) is 8.06. The molecule has 0 aliphatic heterocycles. The van der Waals surface area contributed by atoms with E-state index < -0.39 is 11.9 Å². The van der Waals surface area contributed by atoms with Gasteiger partial charge in [-0.3, -0.25) is 9.59 Å². The molecule has 1 aromatic carbocycles. The predicted molar refractivity (Wildman–Crippen MR) is 77.5 cm³/mol. The van der Waals surface area contributed by atoms with Crippen molar-refractivity contribution in [3.8, 4) is 0 Å². The van der Waals surface area contributed by atoms with Gasteiger partial charge >= 0.3 is 5.97 Å². The van der Waals surface area contributed by atoms with Gasteiger partial charge in [0.05, 0.1) is 11.8 Å². The topological polar surface area (TPSA) is 66.4 Å². The minimum absolute atomic E-state index is 0.140. The number of carbonyl (C=O) groups is 2. The highest BCUT2D eigenvalue weighted by Gasteiger charge is 2.41. The van der Waals surface area contributed by atoms with Gasteiger partial charge in [0.1, 0.15) is 0 Å². The van der Waals surface area contributed by atoms with Crippen LogP contribution >= 0.6 is 11.3 Å². The van der Waals surface area contributed by atoms with Crippen molar-refractivity contribution in [2.24, 2.45) is 11.8 Å². The van der Waals surface area contributed by atoms with Gasteiger partial charge in [-0.2, -0.15) is 0 Å². The standard InChI is InChI=1S/C15H15NO3S/c17-14(11-5-6-12(11)15(18)19)16-7-9-8-20-13-4-2-1-3-10(9)13/h1-4,8,11-12H,5-7H2,(H,16,17)(H,18,19). The first-order valence-electron chi connectivity index (χ1n) is 6.62. The van der Waals surface area contributed by atoms with E-state index in [9.17, 15) is 9.59 Å². The highest BCUT2D eigenvalue weighted by Crippen LogP contribution is 2.34. The monoisotopic (exact) mass is 289 g/mol. The third-order valence-corrected chi connectivity index (χ3v) is 4.95. The van der Waals surface area contributed by atoms with E-state index in [1.807, 2.05) is 23.6 Å². The minimum atomic E-state index is -0.864. The maximum absolute atomic E-state index is 12.0. The average Bonchev–Trinajstić information content (AvgIpc) is 2.77. The minimum Gasteiger partial charge on any atom is -0.481 e. The Morgan fingerprint density at radius 1 is 1.25 bits per heavy atom. The van der Waals surface area contributed by atoms with Crippen LogP contribution in [-0.4, -0.2) is 17.0 Å². The molecule has 1 amide bonds. The van der Waals surface area contributed by atoms with Crippen LogP contribution in [0.15, 0.2) is 29.6 Å². The number of benzene rings is 1. The summed E-state index contributed by atoms with van der Waals surface area (Å²) in [6.07, 6.45) is 1.28. The number of carboxylic acids is 1. The largest absolute Gasteiger partial charge is 0.481 e. The third kappa shape index (κ3) is 2.29. The predicted octanol–water partition coefficient (Wildman–Crippen LogP) is 2.63. The molecule has 1 aliphatic rings. The third-order valence-electron chi connectivity index (χ3n) is 3.94. The van der Waals surface area contributed by atoms with Gasteiger partial charge in [0.2, 0.25) is 5.91 Å². The van der Waals surface area contributed by atoms with Crippen LogP contribution in [0.25, 0.3) is 10.1 Å². The molecule has 0 spiro atoms. The molecule has 1 aromatic heterocycles. The Kier molecular flexibility index (Phi) is 3.44. The molecule has 5 heteroatoms. The molecule has 0 radical (unpaired) electrons. The second-order valence-corrected chi connectivity index (χ2v) is 6.01. The summed E-state index contributed by atoms with van der Waals surface area (Å²) in [7, 11) is 0. The second-order valence-electron chi connectivity index (χ2n) is 5.10. The smallest absolute Gasteiger partial charge is 0.307 e. The summed E-state index contributed by atoms with van der Waals surface area (Å²) in [6.45, 7) is 0.464. The van der Waals surface area contributed by atoms with Crippen molar-refractivity contribution in [2.45, 2.75) is 19.4 Å². The molecule has 3 rings (SSSR count). The van der Waals surface area contributed by atoms with Gasteiger partial charge in [0.25, 0.3) is 0 Å². The molecule has 1 fully saturated rings. The quantitative estimate of drug-likeness (QED) is 0.909.